The van der Waals surface area contributed by atoms with Crippen LogP contribution in [0.4, 0.5) is 10.1 Å². The van der Waals surface area contributed by atoms with Crippen LogP contribution < -0.4 is 11.1 Å². The van der Waals surface area contributed by atoms with Crippen LogP contribution in [0.15, 0.2) is 18.2 Å². The van der Waals surface area contributed by atoms with Gasteiger partial charge in [-0.05, 0) is 12.1 Å². The molecule has 1 aromatic carbocycles. The molecule has 0 spiro atoms. The van der Waals surface area contributed by atoms with Crippen molar-refractivity contribution in [3.8, 4) is 0 Å². The van der Waals surface area contributed by atoms with Crippen molar-refractivity contribution >= 4 is 23.4 Å². The summed E-state index contributed by atoms with van der Waals surface area (Å²) in [5, 5.41) is 11.2. The lowest BCUT2D eigenvalue weighted by molar-refractivity contribution is -0.163. The molecule has 0 radical (unpaired) electrons. The quantitative estimate of drug-likeness (QED) is 0.360. The first-order chi connectivity index (χ1) is 9.84. The number of carbonyl (C=O) groups excluding carboxylic acids is 3. The van der Waals surface area contributed by atoms with E-state index in [1.165, 1.54) is 6.07 Å². The largest absolute Gasteiger partial charge is 0.398 e. The predicted molar refractivity (Wildman–Crippen MR) is 68.3 cm³/mol. The van der Waals surface area contributed by atoms with Crippen LogP contribution in [0.5, 0.6) is 0 Å². The zero-order valence-corrected chi connectivity index (χ0v) is 10.8. The van der Waals surface area contributed by atoms with Crippen LogP contribution in [0.3, 0.4) is 0 Å². The average Bonchev–Trinajstić information content (AvgIpc) is 2.77. The number of alkyl halides is 1. The summed E-state index contributed by atoms with van der Waals surface area (Å²) in [7, 11) is 0. The van der Waals surface area contributed by atoms with Crippen molar-refractivity contribution in [2.45, 2.75) is 24.9 Å². The summed E-state index contributed by atoms with van der Waals surface area (Å²) >= 11 is 0. The number of piperidine rings is 1. The number of halogens is 1. The summed E-state index contributed by atoms with van der Waals surface area (Å²) in [6.07, 6.45) is -2.49. The maximum atomic E-state index is 15.0. The van der Waals surface area contributed by atoms with E-state index in [0.717, 1.165) is 0 Å². The number of nitrogen functional groups attached to an aromatic ring is 1. The highest BCUT2D eigenvalue weighted by Crippen LogP contribution is 2.37. The van der Waals surface area contributed by atoms with E-state index in [2.05, 4.69) is 0 Å². The fourth-order valence-electron chi connectivity index (χ4n) is 2.61. The van der Waals surface area contributed by atoms with Gasteiger partial charge in [-0.2, -0.15) is 0 Å². The summed E-state index contributed by atoms with van der Waals surface area (Å²) in [5.74, 6) is -5.71. The van der Waals surface area contributed by atoms with Gasteiger partial charge in [0.1, 0.15) is 6.10 Å². The first kappa shape index (κ1) is 13.5. The zero-order chi connectivity index (χ0) is 15.4. The number of benzene rings is 1. The third-order valence-electron chi connectivity index (χ3n) is 3.78. The molecule has 1 aromatic rings. The molecule has 1 saturated heterocycles. The predicted octanol–water partition coefficient (Wildman–Crippen LogP) is -0.702. The van der Waals surface area contributed by atoms with E-state index in [0.29, 0.717) is 16.2 Å². The molecule has 1 fully saturated rings. The number of aliphatic hydroxyl groups excluding tert-OH is 1. The van der Waals surface area contributed by atoms with Crippen molar-refractivity contribution in [3.05, 3.63) is 29.3 Å². The summed E-state index contributed by atoms with van der Waals surface area (Å²) in [6, 6.07) is 4.61. The smallest absolute Gasteiger partial charge is 0.285 e. The first-order valence-corrected chi connectivity index (χ1v) is 6.26. The molecule has 2 heterocycles. The number of nitrogens with one attached hydrogen (secondary N) is 1. The number of anilines is 1. The lowest BCUT2D eigenvalue weighted by Gasteiger charge is -2.37. The topological polar surface area (TPSA) is 113 Å². The number of carbonyl (C=O) groups is 3. The maximum Gasteiger partial charge on any atom is 0.285 e. The highest BCUT2D eigenvalue weighted by Gasteiger charge is 2.55. The van der Waals surface area contributed by atoms with E-state index in [9.17, 15) is 23.9 Å². The monoisotopic (exact) mass is 293 g/mol. The van der Waals surface area contributed by atoms with Crippen molar-refractivity contribution in [1.82, 2.24) is 10.2 Å². The van der Waals surface area contributed by atoms with Crippen LogP contribution >= 0.6 is 0 Å². The third kappa shape index (κ3) is 1.79. The molecule has 2 aliphatic rings. The molecule has 3 amide bonds. The number of imide groups is 1. The molecule has 8 heteroatoms. The van der Waals surface area contributed by atoms with Crippen molar-refractivity contribution in [2.24, 2.45) is 0 Å². The Morgan fingerprint density at radius 3 is 2.76 bits per heavy atom. The standard InChI is InChI=1S/C13H12FN3O4/c14-13(4-9(18)10(19)16-12(13)21)17-5-7-6(11(17)20)2-1-3-8(7)15/h1-3,9,18H,4-5,15H2,(H,16,19,21). The Balaban J connectivity index is 1.99. The van der Waals surface area contributed by atoms with Crippen LogP contribution in [0, 0.1) is 0 Å². The van der Waals surface area contributed by atoms with E-state index < -0.39 is 36.0 Å². The molecule has 2 aliphatic heterocycles. The van der Waals surface area contributed by atoms with Crippen LogP contribution in [0.2, 0.25) is 0 Å². The fraction of sp³-hybridized carbons (Fsp3) is 0.308. The molecule has 0 aromatic heterocycles. The van der Waals surface area contributed by atoms with Crippen molar-refractivity contribution in [2.75, 3.05) is 5.73 Å². The minimum atomic E-state index is -2.78. The SMILES string of the molecule is Nc1cccc2c1CN(C1(F)CC(O)C(=O)NC1=O)C2=O. The van der Waals surface area contributed by atoms with Gasteiger partial charge in [0, 0.05) is 23.2 Å². The van der Waals surface area contributed by atoms with Gasteiger partial charge >= 0.3 is 0 Å². The number of fused-ring (bicyclic) bond motifs is 1. The summed E-state index contributed by atoms with van der Waals surface area (Å²) in [6.45, 7) is -0.189. The average molecular weight is 293 g/mol. The normalized spacial score (nSPS) is 28.6. The summed E-state index contributed by atoms with van der Waals surface area (Å²) in [4.78, 5) is 36.0. The maximum absolute atomic E-state index is 15.0. The van der Waals surface area contributed by atoms with Gasteiger partial charge in [-0.1, -0.05) is 6.07 Å². The molecule has 0 aliphatic carbocycles. The van der Waals surface area contributed by atoms with Crippen molar-refractivity contribution < 1.29 is 23.9 Å². The van der Waals surface area contributed by atoms with E-state index in [1.54, 1.807) is 17.4 Å². The molecular weight excluding hydrogens is 281 g/mol. The van der Waals surface area contributed by atoms with E-state index >= 15 is 0 Å². The molecule has 2 unspecified atom stereocenters. The molecule has 21 heavy (non-hydrogen) atoms. The molecule has 7 nitrogen and oxygen atoms in total. The minimum absolute atomic E-state index is 0.189. The highest BCUT2D eigenvalue weighted by molar-refractivity contribution is 6.08. The van der Waals surface area contributed by atoms with Crippen LogP contribution in [-0.4, -0.2) is 39.6 Å². The Bertz CT molecular complexity index is 677. The molecule has 4 N–H and O–H groups in total. The van der Waals surface area contributed by atoms with Crippen LogP contribution in [0.1, 0.15) is 22.3 Å². The number of nitrogens with zero attached hydrogens (tertiary/aromatic N) is 1. The molecule has 110 valence electrons. The van der Waals surface area contributed by atoms with Gasteiger partial charge in [-0.3, -0.25) is 24.6 Å². The second-order valence-corrected chi connectivity index (χ2v) is 5.06. The Labute approximate surface area is 118 Å². The number of rotatable bonds is 1. The molecule has 0 bridgehead atoms. The Morgan fingerprint density at radius 1 is 1.38 bits per heavy atom. The van der Waals surface area contributed by atoms with Gasteiger partial charge in [0.15, 0.2) is 0 Å². The lowest BCUT2D eigenvalue weighted by atomic mass is 9.99. The highest BCUT2D eigenvalue weighted by atomic mass is 19.1. The van der Waals surface area contributed by atoms with Crippen LogP contribution in [0.25, 0.3) is 0 Å². The second-order valence-electron chi connectivity index (χ2n) is 5.06. The van der Waals surface area contributed by atoms with E-state index in [1.807, 2.05) is 0 Å². The van der Waals surface area contributed by atoms with Gasteiger partial charge in [0.05, 0.1) is 6.54 Å². The molecular formula is C13H12FN3O4. The third-order valence-corrected chi connectivity index (χ3v) is 3.78. The molecule has 0 saturated carbocycles. The minimum Gasteiger partial charge on any atom is -0.398 e. The van der Waals surface area contributed by atoms with Crippen LogP contribution in [-0.2, 0) is 16.1 Å². The van der Waals surface area contributed by atoms with Gasteiger partial charge in [-0.15, -0.1) is 0 Å². The Morgan fingerprint density at radius 2 is 2.10 bits per heavy atom. The summed E-state index contributed by atoms with van der Waals surface area (Å²) in [5.41, 5.74) is 6.71. The molecule has 2 atom stereocenters. The van der Waals surface area contributed by atoms with E-state index in [4.69, 9.17) is 5.73 Å². The lowest BCUT2D eigenvalue weighted by Crippen LogP contribution is -2.64. The summed E-state index contributed by atoms with van der Waals surface area (Å²) < 4.78 is 15.0. The molecule has 3 rings (SSSR count). The van der Waals surface area contributed by atoms with E-state index in [-0.39, 0.29) is 12.1 Å². The van der Waals surface area contributed by atoms with Gasteiger partial charge in [-0.25, -0.2) is 4.39 Å². The number of amides is 3. The van der Waals surface area contributed by atoms with Gasteiger partial charge < -0.3 is 10.8 Å². The van der Waals surface area contributed by atoms with Crippen molar-refractivity contribution in [3.63, 3.8) is 0 Å². The number of hydrogen-bond acceptors (Lipinski definition) is 5. The Kier molecular flexibility index (Phi) is 2.74. The number of aliphatic hydroxyl groups is 1. The number of nitrogens with two attached hydrogens (primary N) is 1. The van der Waals surface area contributed by atoms with Gasteiger partial charge in [0.2, 0.25) is 0 Å². The second kappa shape index (κ2) is 4.26. The van der Waals surface area contributed by atoms with Crippen molar-refractivity contribution in [1.29, 1.82) is 0 Å². The zero-order valence-electron chi connectivity index (χ0n) is 10.8. The first-order valence-electron chi connectivity index (χ1n) is 6.26. The Hall–Kier alpha value is -2.48. The van der Waals surface area contributed by atoms with Gasteiger partial charge in [0.25, 0.3) is 23.5 Å². The number of hydrogen-bond donors (Lipinski definition) is 3. The fourth-order valence-corrected chi connectivity index (χ4v) is 2.61.